The zero-order valence-corrected chi connectivity index (χ0v) is 8.86. The largest absolute Gasteiger partial charge is 0.390 e. The molecule has 0 aromatic heterocycles. The van der Waals surface area contributed by atoms with Crippen LogP contribution in [0.2, 0.25) is 0 Å². The average Bonchev–Trinajstić information content (AvgIpc) is 2.37. The lowest BCUT2D eigenvalue weighted by Gasteiger charge is -2.11. The second-order valence-corrected chi connectivity index (χ2v) is 3.75. The number of hydrogen-bond acceptors (Lipinski definition) is 2. The molecule has 2 rings (SSSR count). The van der Waals surface area contributed by atoms with Crippen molar-refractivity contribution >= 4 is 16.6 Å². The summed E-state index contributed by atoms with van der Waals surface area (Å²) in [6, 6.07) is 11.5. The second-order valence-electron chi connectivity index (χ2n) is 3.75. The zero-order valence-electron chi connectivity index (χ0n) is 8.86. The lowest BCUT2D eigenvalue weighted by Crippen LogP contribution is -2.32. The number of fused-ring (bicyclic) bond motifs is 1. The summed E-state index contributed by atoms with van der Waals surface area (Å²) in [6.07, 6.45) is 0. The fourth-order valence-corrected chi connectivity index (χ4v) is 1.61. The molecule has 88 valence electrons. The predicted octanol–water partition coefficient (Wildman–Crippen LogP) is 2.65. The van der Waals surface area contributed by atoms with Crippen LogP contribution in [0.4, 0.5) is 8.78 Å². The molecule has 0 fully saturated rings. The highest BCUT2D eigenvalue weighted by molar-refractivity contribution is 6.04. The van der Waals surface area contributed by atoms with E-state index in [1.165, 1.54) is 12.1 Å². The maximum absolute atomic E-state index is 13.0. The molecule has 0 aliphatic rings. The van der Waals surface area contributed by atoms with Gasteiger partial charge in [-0.2, -0.15) is 8.78 Å². The SMILES string of the molecule is O=C(c1ccc2ccccc2c1)C(F)(F)CO. The fraction of sp³-hybridized carbons (Fsp3) is 0.154. The van der Waals surface area contributed by atoms with Crippen molar-refractivity contribution in [2.24, 2.45) is 0 Å². The van der Waals surface area contributed by atoms with Crippen molar-refractivity contribution in [2.45, 2.75) is 5.92 Å². The maximum Gasteiger partial charge on any atom is 0.332 e. The Balaban J connectivity index is 2.47. The van der Waals surface area contributed by atoms with E-state index in [2.05, 4.69) is 0 Å². The fourth-order valence-electron chi connectivity index (χ4n) is 1.61. The highest BCUT2D eigenvalue weighted by Crippen LogP contribution is 2.22. The molecule has 0 saturated heterocycles. The highest BCUT2D eigenvalue weighted by atomic mass is 19.3. The summed E-state index contributed by atoms with van der Waals surface area (Å²) in [6.45, 7) is -1.47. The standard InChI is InChI=1S/C13H10F2O2/c14-13(15,8-16)12(17)11-6-5-9-3-1-2-4-10(9)7-11/h1-7,16H,8H2. The van der Waals surface area contributed by atoms with E-state index in [1.54, 1.807) is 18.2 Å². The Morgan fingerprint density at radius 2 is 1.76 bits per heavy atom. The summed E-state index contributed by atoms with van der Waals surface area (Å²) in [7, 11) is 0. The van der Waals surface area contributed by atoms with Crippen LogP contribution in [0.1, 0.15) is 10.4 Å². The number of benzene rings is 2. The number of carbonyl (C=O) groups is 1. The topological polar surface area (TPSA) is 37.3 Å². The number of carbonyl (C=O) groups excluding carboxylic acids is 1. The van der Waals surface area contributed by atoms with Crippen molar-refractivity contribution in [2.75, 3.05) is 6.61 Å². The van der Waals surface area contributed by atoms with Gasteiger partial charge in [0, 0.05) is 5.56 Å². The van der Waals surface area contributed by atoms with E-state index in [-0.39, 0.29) is 5.56 Å². The molecule has 0 aliphatic carbocycles. The number of Topliss-reactive ketones (excluding diaryl/α,β-unsaturated/α-hetero) is 1. The number of hydrogen-bond donors (Lipinski definition) is 1. The van der Waals surface area contributed by atoms with Crippen molar-refractivity contribution < 1.29 is 18.7 Å². The molecule has 2 aromatic rings. The Bertz CT molecular complexity index is 564. The molecule has 2 aromatic carbocycles. The van der Waals surface area contributed by atoms with E-state index < -0.39 is 18.3 Å². The van der Waals surface area contributed by atoms with E-state index >= 15 is 0 Å². The Kier molecular flexibility index (Phi) is 2.90. The molecular weight excluding hydrogens is 226 g/mol. The van der Waals surface area contributed by atoms with Crippen LogP contribution in [0.15, 0.2) is 42.5 Å². The van der Waals surface area contributed by atoms with Crippen LogP contribution < -0.4 is 0 Å². The minimum absolute atomic E-state index is 0.0947. The van der Waals surface area contributed by atoms with Crippen molar-refractivity contribution in [3.05, 3.63) is 48.0 Å². The monoisotopic (exact) mass is 236 g/mol. The molecular formula is C13H10F2O2. The molecule has 0 heterocycles. The van der Waals surface area contributed by atoms with E-state index in [9.17, 15) is 13.6 Å². The lowest BCUT2D eigenvalue weighted by molar-refractivity contribution is -0.0259. The van der Waals surface area contributed by atoms with Gasteiger partial charge in [0.2, 0.25) is 5.78 Å². The van der Waals surface area contributed by atoms with E-state index in [4.69, 9.17) is 5.11 Å². The van der Waals surface area contributed by atoms with Gasteiger partial charge in [0.15, 0.2) is 0 Å². The number of alkyl halides is 2. The predicted molar refractivity (Wildman–Crippen MR) is 60.3 cm³/mol. The van der Waals surface area contributed by atoms with Crippen LogP contribution in [0.3, 0.4) is 0 Å². The molecule has 0 atom stereocenters. The van der Waals surface area contributed by atoms with E-state index in [0.717, 1.165) is 5.39 Å². The highest BCUT2D eigenvalue weighted by Gasteiger charge is 2.38. The van der Waals surface area contributed by atoms with Gasteiger partial charge in [-0.1, -0.05) is 36.4 Å². The van der Waals surface area contributed by atoms with Crippen molar-refractivity contribution in [1.82, 2.24) is 0 Å². The molecule has 2 nitrogen and oxygen atoms in total. The van der Waals surface area contributed by atoms with Crippen molar-refractivity contribution in [3.8, 4) is 0 Å². The average molecular weight is 236 g/mol. The van der Waals surface area contributed by atoms with Crippen LogP contribution in [0, 0.1) is 0 Å². The molecule has 0 unspecified atom stereocenters. The number of halogens is 2. The maximum atomic E-state index is 13.0. The molecule has 0 radical (unpaired) electrons. The van der Waals surface area contributed by atoms with Crippen molar-refractivity contribution in [1.29, 1.82) is 0 Å². The molecule has 17 heavy (non-hydrogen) atoms. The molecule has 1 N–H and O–H groups in total. The molecule has 4 heteroatoms. The Hall–Kier alpha value is -1.81. The van der Waals surface area contributed by atoms with Gasteiger partial charge in [-0.3, -0.25) is 4.79 Å². The third-order valence-corrected chi connectivity index (χ3v) is 2.54. The molecule has 0 saturated carbocycles. The van der Waals surface area contributed by atoms with Gasteiger partial charge in [-0.25, -0.2) is 0 Å². The first kappa shape index (κ1) is 11.7. The van der Waals surface area contributed by atoms with Gasteiger partial charge in [0.25, 0.3) is 0 Å². The third-order valence-electron chi connectivity index (χ3n) is 2.54. The first-order valence-corrected chi connectivity index (χ1v) is 5.07. The quantitative estimate of drug-likeness (QED) is 0.832. The normalized spacial score (nSPS) is 11.7. The molecule has 0 aliphatic heterocycles. The van der Waals surface area contributed by atoms with Gasteiger partial charge in [-0.15, -0.1) is 0 Å². The number of ketones is 1. The third kappa shape index (κ3) is 2.17. The van der Waals surface area contributed by atoms with Gasteiger partial charge in [0.05, 0.1) is 0 Å². The summed E-state index contributed by atoms with van der Waals surface area (Å²) in [5.41, 5.74) is -0.0947. The molecule has 0 bridgehead atoms. The summed E-state index contributed by atoms with van der Waals surface area (Å²) < 4.78 is 26.1. The number of rotatable bonds is 3. The minimum Gasteiger partial charge on any atom is -0.390 e. The van der Waals surface area contributed by atoms with Crippen molar-refractivity contribution in [3.63, 3.8) is 0 Å². The second kappa shape index (κ2) is 4.22. The van der Waals surface area contributed by atoms with Gasteiger partial charge in [-0.05, 0) is 16.8 Å². The summed E-state index contributed by atoms with van der Waals surface area (Å²) in [5.74, 6) is -5.08. The van der Waals surface area contributed by atoms with Crippen LogP contribution >= 0.6 is 0 Å². The number of aliphatic hydroxyl groups is 1. The first-order valence-electron chi connectivity index (χ1n) is 5.07. The summed E-state index contributed by atoms with van der Waals surface area (Å²) in [5, 5.41) is 10.1. The number of aliphatic hydroxyl groups excluding tert-OH is 1. The van der Waals surface area contributed by atoms with Gasteiger partial charge < -0.3 is 5.11 Å². The summed E-state index contributed by atoms with van der Waals surface area (Å²) >= 11 is 0. The molecule has 0 amide bonds. The zero-order chi connectivity index (χ0) is 12.5. The Morgan fingerprint density at radius 3 is 2.41 bits per heavy atom. The van der Waals surface area contributed by atoms with E-state index in [1.807, 2.05) is 12.1 Å². The van der Waals surface area contributed by atoms with Crippen LogP contribution in [0.5, 0.6) is 0 Å². The molecule has 0 spiro atoms. The minimum atomic E-state index is -3.72. The first-order chi connectivity index (χ1) is 8.04. The van der Waals surface area contributed by atoms with Crippen LogP contribution in [-0.4, -0.2) is 23.4 Å². The van der Waals surface area contributed by atoms with Crippen LogP contribution in [-0.2, 0) is 0 Å². The Morgan fingerprint density at radius 1 is 1.12 bits per heavy atom. The van der Waals surface area contributed by atoms with Gasteiger partial charge >= 0.3 is 5.92 Å². The Labute approximate surface area is 96.5 Å². The smallest absolute Gasteiger partial charge is 0.332 e. The van der Waals surface area contributed by atoms with Crippen LogP contribution in [0.25, 0.3) is 10.8 Å². The summed E-state index contributed by atoms with van der Waals surface area (Å²) in [4.78, 5) is 11.4. The lowest BCUT2D eigenvalue weighted by atomic mass is 10.0. The van der Waals surface area contributed by atoms with Gasteiger partial charge in [0.1, 0.15) is 6.61 Å². The van der Waals surface area contributed by atoms with E-state index in [0.29, 0.717) is 5.39 Å².